The number of fused-ring (bicyclic) bond motifs is 1. The molecule has 0 bridgehead atoms. The second kappa shape index (κ2) is 5.44. The van der Waals surface area contributed by atoms with Gasteiger partial charge >= 0.3 is 0 Å². The van der Waals surface area contributed by atoms with Gasteiger partial charge < -0.3 is 0 Å². The van der Waals surface area contributed by atoms with Gasteiger partial charge in [0, 0.05) is 18.0 Å². The Hall–Kier alpha value is -2.79. The van der Waals surface area contributed by atoms with Crippen LogP contribution >= 0.6 is 11.6 Å². The number of rotatable bonds is 2. The molecule has 0 radical (unpaired) electrons. The lowest BCUT2D eigenvalue weighted by molar-refractivity contribution is 0.628. The van der Waals surface area contributed by atoms with E-state index in [1.807, 2.05) is 24.4 Å². The second-order valence-electron chi connectivity index (χ2n) is 4.97. The molecule has 0 aliphatic carbocycles. The summed E-state index contributed by atoms with van der Waals surface area (Å²) in [6.45, 7) is 0. The molecule has 6 heteroatoms. The molecule has 0 unspecified atom stereocenters. The molecule has 0 saturated carbocycles. The summed E-state index contributed by atoms with van der Waals surface area (Å²) in [6.07, 6.45) is 3.46. The predicted molar refractivity (Wildman–Crippen MR) is 86.6 cm³/mol. The highest BCUT2D eigenvalue weighted by Crippen LogP contribution is 2.34. The Kier molecular flexibility index (Phi) is 3.28. The first kappa shape index (κ1) is 13.8. The van der Waals surface area contributed by atoms with E-state index in [0.717, 1.165) is 16.6 Å². The fourth-order valence-electron chi connectivity index (χ4n) is 2.54. The van der Waals surface area contributed by atoms with Gasteiger partial charge in [-0.3, -0.25) is 0 Å². The molecule has 3 heterocycles. The van der Waals surface area contributed by atoms with Crippen LogP contribution in [0.25, 0.3) is 28.0 Å². The van der Waals surface area contributed by atoms with Crippen LogP contribution < -0.4 is 0 Å². The zero-order valence-electron chi connectivity index (χ0n) is 11.8. The maximum atomic E-state index is 13.2. The molecule has 0 amide bonds. The number of halogens is 2. The van der Waals surface area contributed by atoms with E-state index in [0.29, 0.717) is 11.4 Å². The average Bonchev–Trinajstić information content (AvgIpc) is 2.95. The van der Waals surface area contributed by atoms with Crippen molar-refractivity contribution in [3.8, 4) is 22.5 Å². The van der Waals surface area contributed by atoms with Crippen LogP contribution in [0, 0.1) is 5.82 Å². The first-order chi connectivity index (χ1) is 11.2. The Balaban J connectivity index is 2.04. The Morgan fingerprint density at radius 3 is 2.61 bits per heavy atom. The third-order valence-electron chi connectivity index (χ3n) is 3.54. The number of hydrogen-bond acceptors (Lipinski definition) is 3. The SMILES string of the molecule is Fc1ccc(-c2nn3ccccc3c2-c2ccnc(Cl)n2)cc1. The number of nitrogens with zero attached hydrogens (tertiary/aromatic N) is 4. The molecule has 3 aromatic heterocycles. The summed E-state index contributed by atoms with van der Waals surface area (Å²) < 4.78 is 15.0. The summed E-state index contributed by atoms with van der Waals surface area (Å²) in [4.78, 5) is 8.22. The Labute approximate surface area is 136 Å². The molecule has 4 aromatic rings. The van der Waals surface area contributed by atoms with Crippen molar-refractivity contribution in [2.45, 2.75) is 0 Å². The van der Waals surface area contributed by atoms with E-state index in [1.54, 1.807) is 28.9 Å². The van der Waals surface area contributed by atoms with Gasteiger partial charge in [-0.25, -0.2) is 18.9 Å². The van der Waals surface area contributed by atoms with Gasteiger partial charge in [0.25, 0.3) is 0 Å². The maximum absolute atomic E-state index is 13.2. The maximum Gasteiger partial charge on any atom is 0.222 e. The molecule has 0 saturated heterocycles. The van der Waals surface area contributed by atoms with E-state index in [2.05, 4.69) is 15.1 Å². The molecule has 0 spiro atoms. The van der Waals surface area contributed by atoms with Crippen LogP contribution in [0.5, 0.6) is 0 Å². The first-order valence-electron chi connectivity index (χ1n) is 6.94. The summed E-state index contributed by atoms with van der Waals surface area (Å²) >= 11 is 5.93. The van der Waals surface area contributed by atoms with Crippen molar-refractivity contribution in [2.75, 3.05) is 0 Å². The van der Waals surface area contributed by atoms with E-state index in [1.165, 1.54) is 12.1 Å². The van der Waals surface area contributed by atoms with Gasteiger partial charge in [-0.2, -0.15) is 5.10 Å². The Morgan fingerprint density at radius 1 is 1.00 bits per heavy atom. The second-order valence-corrected chi connectivity index (χ2v) is 5.31. The van der Waals surface area contributed by atoms with Crippen LogP contribution in [0.2, 0.25) is 5.28 Å². The van der Waals surface area contributed by atoms with Crippen molar-refractivity contribution in [1.29, 1.82) is 0 Å². The predicted octanol–water partition coefficient (Wildman–Crippen LogP) is 4.25. The molecular weight excluding hydrogens is 315 g/mol. The monoisotopic (exact) mass is 324 g/mol. The van der Waals surface area contributed by atoms with E-state index in [4.69, 9.17) is 11.6 Å². The smallest absolute Gasteiger partial charge is 0.222 e. The molecule has 4 nitrogen and oxygen atoms in total. The molecule has 0 fully saturated rings. The fraction of sp³-hybridized carbons (Fsp3) is 0. The van der Waals surface area contributed by atoms with Crippen LogP contribution in [-0.2, 0) is 0 Å². The van der Waals surface area contributed by atoms with Gasteiger partial charge in [-0.1, -0.05) is 6.07 Å². The summed E-state index contributed by atoms with van der Waals surface area (Å²) in [7, 11) is 0. The lowest BCUT2D eigenvalue weighted by Gasteiger charge is -2.03. The summed E-state index contributed by atoms with van der Waals surface area (Å²) in [5, 5.41) is 4.78. The van der Waals surface area contributed by atoms with Crippen molar-refractivity contribution in [2.24, 2.45) is 0 Å². The van der Waals surface area contributed by atoms with Gasteiger partial charge in [0.05, 0.1) is 16.8 Å². The Bertz CT molecular complexity index is 995. The van der Waals surface area contributed by atoms with Crippen molar-refractivity contribution in [3.63, 3.8) is 0 Å². The number of hydrogen-bond donors (Lipinski definition) is 0. The number of pyridine rings is 1. The van der Waals surface area contributed by atoms with Crippen LogP contribution in [0.1, 0.15) is 0 Å². The van der Waals surface area contributed by atoms with E-state index in [9.17, 15) is 4.39 Å². The largest absolute Gasteiger partial charge is 0.240 e. The van der Waals surface area contributed by atoms with Crippen molar-refractivity contribution < 1.29 is 4.39 Å². The molecule has 112 valence electrons. The van der Waals surface area contributed by atoms with Crippen LogP contribution in [0.4, 0.5) is 4.39 Å². The zero-order chi connectivity index (χ0) is 15.8. The number of aromatic nitrogens is 4. The van der Waals surface area contributed by atoms with Gasteiger partial charge in [0.2, 0.25) is 5.28 Å². The molecule has 4 rings (SSSR count). The van der Waals surface area contributed by atoms with Crippen LogP contribution in [-0.4, -0.2) is 19.6 Å². The summed E-state index contributed by atoms with van der Waals surface area (Å²) in [5.41, 5.74) is 3.92. The minimum absolute atomic E-state index is 0.169. The van der Waals surface area contributed by atoms with Crippen molar-refractivity contribution in [3.05, 3.63) is 72.0 Å². The van der Waals surface area contributed by atoms with Crippen LogP contribution in [0.3, 0.4) is 0 Å². The minimum Gasteiger partial charge on any atom is -0.240 e. The van der Waals surface area contributed by atoms with E-state index < -0.39 is 0 Å². The van der Waals surface area contributed by atoms with Gasteiger partial charge in [0.15, 0.2) is 0 Å². The molecule has 1 aromatic carbocycles. The quantitative estimate of drug-likeness (QED) is 0.518. The molecule has 0 aliphatic heterocycles. The molecule has 0 aliphatic rings. The first-order valence-corrected chi connectivity index (χ1v) is 7.32. The fourth-order valence-corrected chi connectivity index (χ4v) is 2.68. The highest BCUT2D eigenvalue weighted by Gasteiger charge is 2.17. The van der Waals surface area contributed by atoms with Gasteiger partial charge in [-0.05, 0) is 54.1 Å². The number of benzene rings is 1. The Morgan fingerprint density at radius 2 is 1.83 bits per heavy atom. The molecular formula is C17H10ClFN4. The standard InChI is InChI=1S/C17H10ClFN4/c18-17-20-9-8-13(21-17)15-14-3-1-2-10-23(14)22-16(15)11-4-6-12(19)7-5-11/h1-10H. The van der Waals surface area contributed by atoms with Gasteiger partial charge in [0.1, 0.15) is 11.5 Å². The third kappa shape index (κ3) is 2.45. The lowest BCUT2D eigenvalue weighted by Crippen LogP contribution is -1.89. The zero-order valence-corrected chi connectivity index (χ0v) is 12.6. The minimum atomic E-state index is -0.288. The van der Waals surface area contributed by atoms with Gasteiger partial charge in [-0.15, -0.1) is 0 Å². The molecule has 23 heavy (non-hydrogen) atoms. The third-order valence-corrected chi connectivity index (χ3v) is 3.72. The summed E-state index contributed by atoms with van der Waals surface area (Å²) in [5.74, 6) is -0.288. The van der Waals surface area contributed by atoms with Crippen molar-refractivity contribution in [1.82, 2.24) is 19.6 Å². The highest BCUT2D eigenvalue weighted by atomic mass is 35.5. The van der Waals surface area contributed by atoms with E-state index in [-0.39, 0.29) is 11.1 Å². The summed E-state index contributed by atoms with van der Waals surface area (Å²) in [6, 6.07) is 13.8. The average molecular weight is 325 g/mol. The van der Waals surface area contributed by atoms with E-state index >= 15 is 0 Å². The molecule has 0 atom stereocenters. The van der Waals surface area contributed by atoms with Crippen LogP contribution in [0.15, 0.2) is 60.9 Å². The molecule has 0 N–H and O–H groups in total. The lowest BCUT2D eigenvalue weighted by atomic mass is 10.0. The topological polar surface area (TPSA) is 43.1 Å². The van der Waals surface area contributed by atoms with Crippen molar-refractivity contribution >= 4 is 17.1 Å². The normalized spacial score (nSPS) is 11.0. The highest BCUT2D eigenvalue weighted by molar-refractivity contribution is 6.28.